The molecule has 1 saturated heterocycles. The van der Waals surface area contributed by atoms with E-state index in [9.17, 15) is 17.6 Å². The molecule has 3 aromatic rings. The number of piperidine rings is 1. The standard InChI is InChI=1S/C22H21FN2O3S/c23-18-10-12-19(13-11-18)29(27,28)25-14-4-7-17(15-25)22(26)24-21-9-3-6-16-5-1-2-8-20(16)21/h1-3,5-6,8-13,17H,4,7,14-15H2,(H,24,26)/t17-/m0/s1. The number of hydrogen-bond acceptors (Lipinski definition) is 3. The van der Waals surface area contributed by atoms with Crippen molar-refractivity contribution >= 4 is 32.4 Å². The van der Waals surface area contributed by atoms with Gasteiger partial charge < -0.3 is 5.32 Å². The third kappa shape index (κ3) is 4.02. The first kappa shape index (κ1) is 19.5. The molecular formula is C22H21FN2O3S. The van der Waals surface area contributed by atoms with Gasteiger partial charge in [-0.1, -0.05) is 36.4 Å². The van der Waals surface area contributed by atoms with Gasteiger partial charge in [-0.15, -0.1) is 0 Å². The topological polar surface area (TPSA) is 66.5 Å². The van der Waals surface area contributed by atoms with Crippen LogP contribution in [-0.4, -0.2) is 31.7 Å². The van der Waals surface area contributed by atoms with Crippen LogP contribution in [0.5, 0.6) is 0 Å². The molecule has 1 atom stereocenters. The summed E-state index contributed by atoms with van der Waals surface area (Å²) in [5.41, 5.74) is 0.714. The number of benzene rings is 3. The Morgan fingerprint density at radius 2 is 1.72 bits per heavy atom. The smallest absolute Gasteiger partial charge is 0.243 e. The first-order valence-corrected chi connectivity index (χ1v) is 10.9. The van der Waals surface area contributed by atoms with E-state index in [1.807, 2.05) is 42.5 Å². The van der Waals surface area contributed by atoms with Crippen LogP contribution >= 0.6 is 0 Å². The van der Waals surface area contributed by atoms with Gasteiger partial charge in [0.2, 0.25) is 15.9 Å². The maximum Gasteiger partial charge on any atom is 0.243 e. The van der Waals surface area contributed by atoms with Gasteiger partial charge in [0.15, 0.2) is 0 Å². The highest BCUT2D eigenvalue weighted by Gasteiger charge is 2.33. The van der Waals surface area contributed by atoms with E-state index in [1.54, 1.807) is 0 Å². The van der Waals surface area contributed by atoms with E-state index in [1.165, 1.54) is 16.4 Å². The average molecular weight is 412 g/mol. The molecule has 7 heteroatoms. The van der Waals surface area contributed by atoms with Crippen molar-refractivity contribution in [3.63, 3.8) is 0 Å². The van der Waals surface area contributed by atoms with Crippen LogP contribution in [-0.2, 0) is 14.8 Å². The number of anilines is 1. The normalized spacial score (nSPS) is 17.9. The van der Waals surface area contributed by atoms with Gasteiger partial charge in [0, 0.05) is 24.2 Å². The minimum atomic E-state index is -3.77. The average Bonchev–Trinajstić information content (AvgIpc) is 2.74. The van der Waals surface area contributed by atoms with Crippen molar-refractivity contribution in [3.8, 4) is 0 Å². The van der Waals surface area contributed by atoms with Crippen LogP contribution in [0.1, 0.15) is 12.8 Å². The van der Waals surface area contributed by atoms with E-state index >= 15 is 0 Å². The van der Waals surface area contributed by atoms with Crippen LogP contribution in [0.3, 0.4) is 0 Å². The number of amides is 1. The van der Waals surface area contributed by atoms with Crippen molar-refractivity contribution in [2.24, 2.45) is 5.92 Å². The largest absolute Gasteiger partial charge is 0.325 e. The number of nitrogens with zero attached hydrogens (tertiary/aromatic N) is 1. The SMILES string of the molecule is O=C(Nc1cccc2ccccc12)[C@H]1CCCN(S(=O)(=O)c2ccc(F)cc2)C1. The van der Waals surface area contributed by atoms with Gasteiger partial charge in [0.25, 0.3) is 0 Å². The fraction of sp³-hybridized carbons (Fsp3) is 0.227. The monoisotopic (exact) mass is 412 g/mol. The molecule has 0 bridgehead atoms. The number of halogens is 1. The van der Waals surface area contributed by atoms with Crippen LogP contribution in [0.4, 0.5) is 10.1 Å². The van der Waals surface area contributed by atoms with Gasteiger partial charge in [0.05, 0.1) is 10.8 Å². The summed E-state index contributed by atoms with van der Waals surface area (Å²) in [7, 11) is -3.77. The predicted octanol–water partition coefficient (Wildman–Crippen LogP) is 4.02. The van der Waals surface area contributed by atoms with E-state index in [0.717, 1.165) is 22.9 Å². The molecule has 1 fully saturated rings. The molecule has 0 spiro atoms. The highest BCUT2D eigenvalue weighted by Crippen LogP contribution is 2.27. The van der Waals surface area contributed by atoms with Crippen molar-refractivity contribution in [2.45, 2.75) is 17.7 Å². The molecule has 0 radical (unpaired) electrons. The number of carbonyl (C=O) groups is 1. The zero-order chi connectivity index (χ0) is 20.4. The van der Waals surface area contributed by atoms with E-state index in [-0.39, 0.29) is 17.3 Å². The summed E-state index contributed by atoms with van der Waals surface area (Å²) in [5, 5.41) is 4.93. The zero-order valence-corrected chi connectivity index (χ0v) is 16.5. The van der Waals surface area contributed by atoms with Crippen LogP contribution in [0, 0.1) is 11.7 Å². The predicted molar refractivity (Wildman–Crippen MR) is 110 cm³/mol. The van der Waals surface area contributed by atoms with Crippen LogP contribution < -0.4 is 5.32 Å². The number of carbonyl (C=O) groups excluding carboxylic acids is 1. The lowest BCUT2D eigenvalue weighted by Gasteiger charge is -2.31. The maximum absolute atomic E-state index is 13.1. The third-order valence-corrected chi connectivity index (χ3v) is 7.13. The number of fused-ring (bicyclic) bond motifs is 1. The number of nitrogens with one attached hydrogen (secondary N) is 1. The second kappa shape index (κ2) is 7.93. The molecule has 5 nitrogen and oxygen atoms in total. The fourth-order valence-corrected chi connectivity index (χ4v) is 5.22. The van der Waals surface area contributed by atoms with Crippen molar-refractivity contribution in [3.05, 3.63) is 72.5 Å². The Morgan fingerprint density at radius 3 is 2.52 bits per heavy atom. The summed E-state index contributed by atoms with van der Waals surface area (Å²) in [6.07, 6.45) is 1.21. The summed E-state index contributed by atoms with van der Waals surface area (Å²) >= 11 is 0. The molecule has 150 valence electrons. The molecule has 1 amide bonds. The summed E-state index contributed by atoms with van der Waals surface area (Å²) in [6.45, 7) is 0.452. The fourth-order valence-electron chi connectivity index (χ4n) is 3.70. The van der Waals surface area contributed by atoms with Crippen molar-refractivity contribution in [1.29, 1.82) is 0 Å². The highest BCUT2D eigenvalue weighted by molar-refractivity contribution is 7.89. The first-order chi connectivity index (χ1) is 13.9. The third-order valence-electron chi connectivity index (χ3n) is 5.25. The molecule has 0 saturated carbocycles. The lowest BCUT2D eigenvalue weighted by Crippen LogP contribution is -2.43. The second-order valence-corrected chi connectivity index (χ2v) is 9.11. The van der Waals surface area contributed by atoms with Gasteiger partial charge in [-0.2, -0.15) is 4.31 Å². The van der Waals surface area contributed by atoms with Gasteiger partial charge in [-0.25, -0.2) is 12.8 Å². The van der Waals surface area contributed by atoms with E-state index in [4.69, 9.17) is 0 Å². The Balaban J connectivity index is 1.52. The summed E-state index contributed by atoms with van der Waals surface area (Å²) < 4.78 is 40.2. The highest BCUT2D eigenvalue weighted by atomic mass is 32.2. The molecule has 1 heterocycles. The molecule has 29 heavy (non-hydrogen) atoms. The number of hydrogen-bond donors (Lipinski definition) is 1. The van der Waals surface area contributed by atoms with Crippen LogP contribution in [0.2, 0.25) is 0 Å². The Bertz CT molecular complexity index is 1140. The number of rotatable bonds is 4. The quantitative estimate of drug-likeness (QED) is 0.704. The van der Waals surface area contributed by atoms with Gasteiger partial charge in [-0.3, -0.25) is 4.79 Å². The number of sulfonamides is 1. The van der Waals surface area contributed by atoms with Crippen LogP contribution in [0.25, 0.3) is 10.8 Å². The molecule has 0 aliphatic carbocycles. The molecule has 0 aromatic heterocycles. The van der Waals surface area contributed by atoms with Gasteiger partial charge in [0.1, 0.15) is 5.82 Å². The van der Waals surface area contributed by atoms with Gasteiger partial charge in [-0.05, 0) is 48.6 Å². The molecule has 0 unspecified atom stereocenters. The van der Waals surface area contributed by atoms with E-state index < -0.39 is 21.8 Å². The lowest BCUT2D eigenvalue weighted by molar-refractivity contribution is -0.120. The Morgan fingerprint density at radius 1 is 1.00 bits per heavy atom. The van der Waals surface area contributed by atoms with Gasteiger partial charge >= 0.3 is 0 Å². The molecule has 4 rings (SSSR count). The van der Waals surface area contributed by atoms with Crippen molar-refractivity contribution < 1.29 is 17.6 Å². The summed E-state index contributed by atoms with van der Waals surface area (Å²) in [4.78, 5) is 12.9. The minimum Gasteiger partial charge on any atom is -0.325 e. The van der Waals surface area contributed by atoms with Crippen molar-refractivity contribution in [1.82, 2.24) is 4.31 Å². The summed E-state index contributed by atoms with van der Waals surface area (Å²) in [5.74, 6) is -1.13. The Labute approximate surface area is 169 Å². The molecule has 3 aromatic carbocycles. The van der Waals surface area contributed by atoms with E-state index in [2.05, 4.69) is 5.32 Å². The maximum atomic E-state index is 13.1. The lowest BCUT2D eigenvalue weighted by atomic mass is 9.98. The van der Waals surface area contributed by atoms with E-state index in [0.29, 0.717) is 25.1 Å². The zero-order valence-electron chi connectivity index (χ0n) is 15.7. The second-order valence-electron chi connectivity index (χ2n) is 7.17. The molecule has 1 aliphatic rings. The summed E-state index contributed by atoms with van der Waals surface area (Å²) in [6, 6.07) is 18.2. The Hall–Kier alpha value is -2.77. The molecule has 1 aliphatic heterocycles. The molecular weight excluding hydrogens is 391 g/mol. The molecule has 1 N–H and O–H groups in total. The van der Waals surface area contributed by atoms with Crippen LogP contribution in [0.15, 0.2) is 71.6 Å². The Kier molecular flexibility index (Phi) is 5.34. The van der Waals surface area contributed by atoms with Crippen molar-refractivity contribution in [2.75, 3.05) is 18.4 Å². The minimum absolute atomic E-state index is 0.0361. The first-order valence-electron chi connectivity index (χ1n) is 9.49.